The summed E-state index contributed by atoms with van der Waals surface area (Å²) in [5, 5.41) is 20.3. The number of hydrogen-bond donors (Lipinski definition) is 3. The number of hydrogen-bond acceptors (Lipinski definition) is 6. The van der Waals surface area contributed by atoms with Crippen LogP contribution in [0.2, 0.25) is 0 Å². The van der Waals surface area contributed by atoms with E-state index in [1.807, 2.05) is 0 Å². The smallest absolute Gasteiger partial charge is 0.406 e. The predicted octanol–water partition coefficient (Wildman–Crippen LogP) is 5.18. The number of nitro groups is 1. The molecule has 0 aromatic heterocycles. The molecule has 1 aliphatic carbocycles. The second-order valence-electron chi connectivity index (χ2n) is 9.39. The van der Waals surface area contributed by atoms with Gasteiger partial charge in [0.2, 0.25) is 0 Å². The van der Waals surface area contributed by atoms with Crippen LogP contribution in [0.3, 0.4) is 0 Å². The van der Waals surface area contributed by atoms with E-state index in [1.165, 1.54) is 24.3 Å². The molecule has 0 bridgehead atoms. The molecule has 1 saturated carbocycles. The highest BCUT2D eigenvalue weighted by Crippen LogP contribution is 2.26. The fraction of sp³-hybridized carbons (Fsp3) is 0.480. The summed E-state index contributed by atoms with van der Waals surface area (Å²) in [5.74, 6) is -0.356. The molecule has 1 aliphatic heterocycles. The molecule has 4 rings (SSSR count). The zero-order chi connectivity index (χ0) is 26.4. The van der Waals surface area contributed by atoms with Gasteiger partial charge in [0.15, 0.2) is 0 Å². The minimum atomic E-state index is -4.77. The average Bonchev–Trinajstić information content (AvgIpc) is 2.86. The van der Waals surface area contributed by atoms with E-state index in [1.54, 1.807) is 12.1 Å². The number of ether oxygens (including phenoxy) is 1. The number of rotatable bonds is 7. The van der Waals surface area contributed by atoms with Gasteiger partial charge in [0.1, 0.15) is 5.75 Å². The Bertz CT molecular complexity index is 1070. The first-order valence-electron chi connectivity index (χ1n) is 12.3. The molecule has 37 heavy (non-hydrogen) atoms. The van der Waals surface area contributed by atoms with Crippen LogP contribution in [0.4, 0.5) is 35.0 Å². The van der Waals surface area contributed by atoms with Gasteiger partial charge in [0, 0.05) is 54.7 Å². The van der Waals surface area contributed by atoms with Gasteiger partial charge in [-0.1, -0.05) is 12.8 Å². The molecule has 1 unspecified atom stereocenters. The monoisotopic (exact) mass is 521 g/mol. The number of halogens is 3. The molecule has 12 heteroatoms. The number of amides is 2. The summed E-state index contributed by atoms with van der Waals surface area (Å²) in [5.41, 5.74) is 1.37. The van der Waals surface area contributed by atoms with Gasteiger partial charge >= 0.3 is 12.4 Å². The Morgan fingerprint density at radius 3 is 2.30 bits per heavy atom. The van der Waals surface area contributed by atoms with Crippen LogP contribution in [0.1, 0.15) is 38.5 Å². The number of alkyl halides is 3. The van der Waals surface area contributed by atoms with E-state index in [0.29, 0.717) is 5.69 Å². The molecule has 3 N–H and O–H groups in total. The summed E-state index contributed by atoms with van der Waals surface area (Å²) >= 11 is 0. The van der Waals surface area contributed by atoms with Crippen molar-refractivity contribution in [3.63, 3.8) is 0 Å². The Labute approximate surface area is 212 Å². The quantitative estimate of drug-likeness (QED) is 0.342. The molecular formula is C25H30F3N5O4. The molecule has 3 atom stereocenters. The minimum Gasteiger partial charge on any atom is -0.406 e. The van der Waals surface area contributed by atoms with Crippen molar-refractivity contribution in [1.29, 1.82) is 0 Å². The van der Waals surface area contributed by atoms with E-state index in [4.69, 9.17) is 0 Å². The SMILES string of the molecule is O=C(Nc1ccc(OC(F)(F)F)cc1)N[C@@H]1CCCC[C@H]1NC1CCCN(c2ccc([N+](=O)[O-])cc2)C1. The first-order chi connectivity index (χ1) is 17.7. The molecular weight excluding hydrogens is 491 g/mol. The molecule has 2 fully saturated rings. The second-order valence-corrected chi connectivity index (χ2v) is 9.39. The Hall–Kier alpha value is -3.54. The van der Waals surface area contributed by atoms with Crippen molar-refractivity contribution < 1.29 is 27.6 Å². The highest BCUT2D eigenvalue weighted by Gasteiger charge is 2.32. The highest BCUT2D eigenvalue weighted by molar-refractivity contribution is 5.89. The van der Waals surface area contributed by atoms with Crippen LogP contribution < -0.4 is 25.6 Å². The number of carbonyl (C=O) groups excluding carboxylic acids is 1. The van der Waals surface area contributed by atoms with E-state index in [-0.39, 0.29) is 29.6 Å². The van der Waals surface area contributed by atoms with Gasteiger partial charge in [-0.25, -0.2) is 4.79 Å². The summed E-state index contributed by atoms with van der Waals surface area (Å²) < 4.78 is 40.9. The highest BCUT2D eigenvalue weighted by atomic mass is 19.4. The standard InChI is InChI=1S/C25H30F3N5O4/c26-25(27,28)37-21-13-7-17(8-14-21)30-24(34)31-23-6-2-1-5-22(23)29-18-4-3-15-32(16-18)19-9-11-20(12-10-19)33(35)36/h7-14,18,22-23,29H,1-6,15-16H2,(H2,30,31,34)/t18?,22-,23-/m1/s1. The zero-order valence-electron chi connectivity index (χ0n) is 20.2. The Morgan fingerprint density at radius 1 is 0.973 bits per heavy atom. The van der Waals surface area contributed by atoms with Crippen molar-refractivity contribution in [3.8, 4) is 5.75 Å². The molecule has 0 spiro atoms. The maximum Gasteiger partial charge on any atom is 0.573 e. The van der Waals surface area contributed by atoms with Gasteiger partial charge in [-0.2, -0.15) is 0 Å². The maximum absolute atomic E-state index is 12.6. The maximum atomic E-state index is 12.6. The van der Waals surface area contributed by atoms with Gasteiger partial charge in [-0.15, -0.1) is 13.2 Å². The minimum absolute atomic E-state index is 0.0652. The van der Waals surface area contributed by atoms with Crippen molar-refractivity contribution in [2.24, 2.45) is 0 Å². The number of piperidine rings is 1. The largest absolute Gasteiger partial charge is 0.573 e. The summed E-state index contributed by atoms with van der Waals surface area (Å²) in [6, 6.07) is 11.4. The number of benzene rings is 2. The number of nitrogens with one attached hydrogen (secondary N) is 3. The Kier molecular flexibility index (Phi) is 8.37. The lowest BCUT2D eigenvalue weighted by atomic mass is 9.89. The molecule has 1 saturated heterocycles. The van der Waals surface area contributed by atoms with Crippen LogP contribution in [0.25, 0.3) is 0 Å². The van der Waals surface area contributed by atoms with Crippen molar-refractivity contribution in [2.45, 2.75) is 63.0 Å². The van der Waals surface area contributed by atoms with Gasteiger partial charge in [-0.05, 0) is 62.1 Å². The Morgan fingerprint density at radius 2 is 1.65 bits per heavy atom. The predicted molar refractivity (Wildman–Crippen MR) is 133 cm³/mol. The number of non-ortho nitro benzene ring substituents is 1. The van der Waals surface area contributed by atoms with Crippen LogP contribution in [0, 0.1) is 10.1 Å². The number of urea groups is 1. The zero-order valence-corrected chi connectivity index (χ0v) is 20.2. The molecule has 200 valence electrons. The number of nitrogens with zero attached hydrogens (tertiary/aromatic N) is 2. The van der Waals surface area contributed by atoms with Crippen LogP contribution in [-0.4, -0.2) is 48.5 Å². The van der Waals surface area contributed by atoms with E-state index < -0.39 is 17.3 Å². The second kappa shape index (κ2) is 11.7. The first-order valence-corrected chi connectivity index (χ1v) is 12.3. The molecule has 2 amide bonds. The van der Waals surface area contributed by atoms with Crippen LogP contribution in [0.5, 0.6) is 5.75 Å². The first kappa shape index (κ1) is 26.5. The third kappa shape index (κ3) is 7.72. The topological polar surface area (TPSA) is 109 Å². The van der Waals surface area contributed by atoms with E-state index in [2.05, 4.69) is 25.6 Å². The fourth-order valence-electron chi connectivity index (χ4n) is 5.01. The van der Waals surface area contributed by atoms with Crippen molar-refractivity contribution in [1.82, 2.24) is 10.6 Å². The van der Waals surface area contributed by atoms with Crippen molar-refractivity contribution in [2.75, 3.05) is 23.3 Å². The number of carbonyl (C=O) groups is 1. The lowest BCUT2D eigenvalue weighted by Crippen LogP contribution is -2.57. The summed E-state index contributed by atoms with van der Waals surface area (Å²) in [6.45, 7) is 1.64. The van der Waals surface area contributed by atoms with Crippen LogP contribution in [0.15, 0.2) is 48.5 Å². The molecule has 9 nitrogen and oxygen atoms in total. The van der Waals surface area contributed by atoms with E-state index >= 15 is 0 Å². The normalized spacial score (nSPS) is 22.2. The summed E-state index contributed by atoms with van der Waals surface area (Å²) in [4.78, 5) is 25.4. The van der Waals surface area contributed by atoms with Gasteiger partial charge in [0.05, 0.1) is 4.92 Å². The lowest BCUT2D eigenvalue weighted by Gasteiger charge is -2.40. The Balaban J connectivity index is 1.30. The van der Waals surface area contributed by atoms with E-state index in [0.717, 1.165) is 69.4 Å². The molecule has 2 aliphatic rings. The number of anilines is 2. The summed E-state index contributed by atoms with van der Waals surface area (Å²) in [7, 11) is 0. The van der Waals surface area contributed by atoms with Gasteiger partial charge in [-0.3, -0.25) is 10.1 Å². The molecule has 2 aromatic carbocycles. The van der Waals surface area contributed by atoms with Crippen LogP contribution >= 0.6 is 0 Å². The van der Waals surface area contributed by atoms with Crippen molar-refractivity contribution in [3.05, 3.63) is 58.6 Å². The van der Waals surface area contributed by atoms with Gasteiger partial charge in [0.25, 0.3) is 5.69 Å². The molecule has 1 heterocycles. The van der Waals surface area contributed by atoms with Crippen molar-refractivity contribution >= 4 is 23.1 Å². The molecule has 2 aromatic rings. The van der Waals surface area contributed by atoms with Gasteiger partial charge < -0.3 is 25.6 Å². The lowest BCUT2D eigenvalue weighted by molar-refractivity contribution is -0.384. The average molecular weight is 522 g/mol. The third-order valence-corrected chi connectivity index (χ3v) is 6.73. The summed E-state index contributed by atoms with van der Waals surface area (Å²) in [6.07, 6.45) is 0.986. The third-order valence-electron chi connectivity index (χ3n) is 6.73. The van der Waals surface area contributed by atoms with E-state index in [9.17, 15) is 28.1 Å². The number of nitro benzene ring substituents is 1. The molecule has 0 radical (unpaired) electrons. The van der Waals surface area contributed by atoms with Crippen LogP contribution in [-0.2, 0) is 0 Å². The fourth-order valence-corrected chi connectivity index (χ4v) is 5.01.